The minimum Gasteiger partial charge on any atom is -0.493 e. The van der Waals surface area contributed by atoms with Crippen molar-refractivity contribution in [1.82, 2.24) is 15.1 Å². The van der Waals surface area contributed by atoms with Crippen LogP contribution < -0.4 is 14.8 Å². The van der Waals surface area contributed by atoms with Crippen molar-refractivity contribution in [3.8, 4) is 11.5 Å². The number of hydrogen-bond donors (Lipinski definition) is 1. The van der Waals surface area contributed by atoms with E-state index in [1.165, 1.54) is 0 Å². The highest BCUT2D eigenvalue weighted by Crippen LogP contribution is 2.28. The van der Waals surface area contributed by atoms with Gasteiger partial charge in [-0.2, -0.15) is 0 Å². The number of aliphatic imine (C=N–C) groups is 1. The number of carbonyl (C=O) groups excluding carboxylic acids is 1. The van der Waals surface area contributed by atoms with Crippen LogP contribution in [0.4, 0.5) is 0 Å². The van der Waals surface area contributed by atoms with Gasteiger partial charge in [0.1, 0.15) is 0 Å². The van der Waals surface area contributed by atoms with Crippen molar-refractivity contribution in [2.24, 2.45) is 4.99 Å². The van der Waals surface area contributed by atoms with Gasteiger partial charge < -0.3 is 24.6 Å². The van der Waals surface area contributed by atoms with E-state index in [1.807, 2.05) is 55.8 Å². The van der Waals surface area contributed by atoms with E-state index in [4.69, 9.17) is 9.47 Å². The molecule has 0 saturated carbocycles. The van der Waals surface area contributed by atoms with Gasteiger partial charge in [-0.25, -0.2) is 4.99 Å². The number of halogens is 1. The summed E-state index contributed by atoms with van der Waals surface area (Å²) in [6.07, 6.45) is 0.944. The molecule has 8 heteroatoms. The van der Waals surface area contributed by atoms with Crippen LogP contribution in [0.15, 0.2) is 23.2 Å². The third-order valence-corrected chi connectivity index (χ3v) is 4.29. The number of carbonyl (C=O) groups is 1. The first-order valence-electron chi connectivity index (χ1n) is 10.1. The second kappa shape index (κ2) is 15.2. The van der Waals surface area contributed by atoms with E-state index in [1.54, 1.807) is 7.11 Å². The number of amides is 1. The fourth-order valence-corrected chi connectivity index (χ4v) is 2.73. The van der Waals surface area contributed by atoms with Crippen molar-refractivity contribution in [3.63, 3.8) is 0 Å². The molecule has 0 atom stereocenters. The molecule has 0 aliphatic rings. The van der Waals surface area contributed by atoms with Gasteiger partial charge in [0.15, 0.2) is 17.5 Å². The Morgan fingerprint density at radius 3 is 2.38 bits per heavy atom. The molecule has 0 heterocycles. The van der Waals surface area contributed by atoms with E-state index in [0.29, 0.717) is 44.5 Å². The van der Waals surface area contributed by atoms with Crippen molar-refractivity contribution >= 4 is 35.8 Å². The highest BCUT2D eigenvalue weighted by Gasteiger charge is 2.15. The lowest BCUT2D eigenvalue weighted by Crippen LogP contribution is -2.45. The lowest BCUT2D eigenvalue weighted by atomic mass is 10.2. The number of hydrogen-bond acceptors (Lipinski definition) is 4. The first-order valence-corrected chi connectivity index (χ1v) is 10.1. The van der Waals surface area contributed by atoms with Crippen LogP contribution >= 0.6 is 24.0 Å². The van der Waals surface area contributed by atoms with Crippen molar-refractivity contribution < 1.29 is 14.3 Å². The maximum Gasteiger partial charge on any atom is 0.242 e. The predicted molar refractivity (Wildman–Crippen MR) is 130 cm³/mol. The van der Waals surface area contributed by atoms with Crippen molar-refractivity contribution in [3.05, 3.63) is 23.8 Å². The molecule has 1 aromatic carbocycles. The summed E-state index contributed by atoms with van der Waals surface area (Å²) in [6.45, 7) is 11.6. The summed E-state index contributed by atoms with van der Waals surface area (Å²) in [4.78, 5) is 20.7. The minimum atomic E-state index is 0. The fourth-order valence-electron chi connectivity index (χ4n) is 2.73. The van der Waals surface area contributed by atoms with Crippen molar-refractivity contribution in [2.45, 2.75) is 40.7 Å². The predicted octanol–water partition coefficient (Wildman–Crippen LogP) is 3.37. The van der Waals surface area contributed by atoms with E-state index in [2.05, 4.69) is 17.2 Å². The highest BCUT2D eigenvalue weighted by molar-refractivity contribution is 14.0. The zero-order valence-electron chi connectivity index (χ0n) is 18.7. The van der Waals surface area contributed by atoms with Crippen LogP contribution in [0.3, 0.4) is 0 Å². The molecule has 0 radical (unpaired) electrons. The van der Waals surface area contributed by atoms with Crippen LogP contribution in [-0.2, 0) is 11.3 Å². The summed E-state index contributed by atoms with van der Waals surface area (Å²) in [5.41, 5.74) is 1.01. The highest BCUT2D eigenvalue weighted by atomic mass is 127. The summed E-state index contributed by atoms with van der Waals surface area (Å²) >= 11 is 0. The van der Waals surface area contributed by atoms with Gasteiger partial charge in [-0.15, -0.1) is 24.0 Å². The Morgan fingerprint density at radius 1 is 1.14 bits per heavy atom. The third-order valence-electron chi connectivity index (χ3n) is 4.29. The lowest BCUT2D eigenvalue weighted by molar-refractivity contribution is -0.131. The number of guanidine groups is 1. The number of nitrogens with zero attached hydrogens (tertiary/aromatic N) is 3. The molecule has 29 heavy (non-hydrogen) atoms. The van der Waals surface area contributed by atoms with E-state index in [-0.39, 0.29) is 29.9 Å². The Balaban J connectivity index is 0.00000784. The smallest absolute Gasteiger partial charge is 0.242 e. The molecular weight excluding hydrogens is 483 g/mol. The molecule has 0 aliphatic carbocycles. The minimum absolute atomic E-state index is 0. The van der Waals surface area contributed by atoms with E-state index in [0.717, 1.165) is 24.3 Å². The Morgan fingerprint density at radius 2 is 1.83 bits per heavy atom. The molecule has 1 rings (SSSR count). The van der Waals surface area contributed by atoms with E-state index in [9.17, 15) is 4.79 Å². The van der Waals surface area contributed by atoms with Gasteiger partial charge in [0, 0.05) is 26.7 Å². The molecule has 1 aromatic rings. The molecule has 7 nitrogen and oxygen atoms in total. The van der Waals surface area contributed by atoms with Gasteiger partial charge in [0.2, 0.25) is 5.91 Å². The van der Waals surface area contributed by atoms with Crippen LogP contribution in [0.5, 0.6) is 11.5 Å². The number of likely N-dealkylation sites (N-methyl/N-ethyl adjacent to an activating group) is 2. The van der Waals surface area contributed by atoms with Gasteiger partial charge in [-0.3, -0.25) is 4.79 Å². The molecule has 0 saturated heterocycles. The summed E-state index contributed by atoms with van der Waals surface area (Å²) < 4.78 is 11.1. The fraction of sp³-hybridized carbons (Fsp3) is 0.619. The summed E-state index contributed by atoms with van der Waals surface area (Å²) in [6, 6.07) is 5.85. The summed E-state index contributed by atoms with van der Waals surface area (Å²) in [5, 5.41) is 3.25. The molecule has 1 amide bonds. The Kier molecular flexibility index (Phi) is 14.3. The summed E-state index contributed by atoms with van der Waals surface area (Å²) in [5.74, 6) is 2.24. The number of rotatable bonds is 11. The zero-order valence-corrected chi connectivity index (χ0v) is 21.0. The van der Waals surface area contributed by atoms with Gasteiger partial charge in [0.25, 0.3) is 0 Å². The molecule has 166 valence electrons. The molecule has 0 unspecified atom stereocenters. The molecule has 0 fully saturated rings. The SMILES string of the molecule is CCCOc1ccc(CN=C(NCC)N(C)CC(=O)N(CC)CC)cc1OC.I. The van der Waals surface area contributed by atoms with Crippen molar-refractivity contribution in [2.75, 3.05) is 46.9 Å². The lowest BCUT2D eigenvalue weighted by Gasteiger charge is -2.25. The maximum absolute atomic E-state index is 12.4. The molecule has 1 N–H and O–H groups in total. The van der Waals surface area contributed by atoms with Crippen LogP contribution in [0.1, 0.15) is 39.7 Å². The molecule has 0 bridgehead atoms. The van der Waals surface area contributed by atoms with Crippen LogP contribution in [-0.4, -0.2) is 68.6 Å². The van der Waals surface area contributed by atoms with E-state index >= 15 is 0 Å². The van der Waals surface area contributed by atoms with Gasteiger partial charge in [0.05, 0.1) is 26.8 Å². The molecule has 0 aromatic heterocycles. The summed E-state index contributed by atoms with van der Waals surface area (Å²) in [7, 11) is 3.52. The monoisotopic (exact) mass is 520 g/mol. The first kappa shape index (κ1) is 27.3. The maximum atomic E-state index is 12.4. The molecular formula is C21H37IN4O3. The number of methoxy groups -OCH3 is 1. The average molecular weight is 520 g/mol. The number of ether oxygens (including phenoxy) is 2. The number of nitrogens with one attached hydrogen (secondary N) is 1. The Hall–Kier alpha value is -1.71. The zero-order chi connectivity index (χ0) is 20.9. The second-order valence-corrected chi connectivity index (χ2v) is 6.43. The van der Waals surface area contributed by atoms with Gasteiger partial charge in [-0.1, -0.05) is 13.0 Å². The second-order valence-electron chi connectivity index (χ2n) is 6.43. The topological polar surface area (TPSA) is 66.4 Å². The standard InChI is InChI=1S/C21H36N4O3.HI/c1-7-13-28-18-12-11-17(14-19(18)27-6)15-23-21(22-8-2)24(5)16-20(26)25(9-3)10-4;/h11-12,14H,7-10,13,15-16H2,1-6H3,(H,22,23);1H. The van der Waals surface area contributed by atoms with Crippen molar-refractivity contribution in [1.29, 1.82) is 0 Å². The van der Waals surface area contributed by atoms with Crippen LogP contribution in [0, 0.1) is 0 Å². The normalized spacial score (nSPS) is 10.8. The number of benzene rings is 1. The molecule has 0 spiro atoms. The van der Waals surface area contributed by atoms with Crippen LogP contribution in [0.2, 0.25) is 0 Å². The Labute approximate surface area is 192 Å². The van der Waals surface area contributed by atoms with Gasteiger partial charge in [-0.05, 0) is 44.9 Å². The third kappa shape index (κ3) is 9.10. The quantitative estimate of drug-likeness (QED) is 0.276. The largest absolute Gasteiger partial charge is 0.493 e. The van der Waals surface area contributed by atoms with Gasteiger partial charge >= 0.3 is 0 Å². The van der Waals surface area contributed by atoms with E-state index < -0.39 is 0 Å². The molecule has 0 aliphatic heterocycles. The van der Waals surface area contributed by atoms with Crippen LogP contribution in [0.25, 0.3) is 0 Å². The first-order chi connectivity index (χ1) is 13.5. The average Bonchev–Trinajstić information content (AvgIpc) is 2.70. The Bertz CT molecular complexity index is 636.